The van der Waals surface area contributed by atoms with Crippen molar-refractivity contribution >= 4 is 11.6 Å². The zero-order valence-corrected chi connectivity index (χ0v) is 11.4. The van der Waals surface area contributed by atoms with Crippen LogP contribution in [-0.4, -0.2) is 16.1 Å². The topological polar surface area (TPSA) is 57.8 Å². The first-order valence-electron chi connectivity index (χ1n) is 6.61. The van der Waals surface area contributed by atoms with Gasteiger partial charge in [-0.2, -0.15) is 5.10 Å². The Kier molecular flexibility index (Phi) is 4.34. The number of nitrogens with one attached hydrogen (secondary N) is 2. The minimum absolute atomic E-state index is 0.0743. The number of carbonyl (C=O) groups excluding carboxylic acids is 1. The molecule has 0 unspecified atom stereocenters. The van der Waals surface area contributed by atoms with Crippen molar-refractivity contribution in [1.29, 1.82) is 0 Å². The van der Waals surface area contributed by atoms with Gasteiger partial charge in [-0.3, -0.25) is 9.89 Å². The molecule has 0 fully saturated rings. The quantitative estimate of drug-likeness (QED) is 0.861. The van der Waals surface area contributed by atoms with E-state index < -0.39 is 0 Å². The largest absolute Gasteiger partial charge is 0.326 e. The summed E-state index contributed by atoms with van der Waals surface area (Å²) in [7, 11) is 0. The van der Waals surface area contributed by atoms with Crippen molar-refractivity contribution in [2.24, 2.45) is 0 Å². The van der Waals surface area contributed by atoms with Gasteiger partial charge in [0.05, 0.1) is 5.69 Å². The van der Waals surface area contributed by atoms with E-state index in [0.717, 1.165) is 35.5 Å². The lowest BCUT2D eigenvalue weighted by molar-refractivity contribution is -0.116. The normalized spacial score (nSPS) is 10.4. The monoisotopic (exact) mass is 257 g/mol. The van der Waals surface area contributed by atoms with Crippen LogP contribution in [-0.2, 0) is 4.79 Å². The Morgan fingerprint density at radius 3 is 2.63 bits per heavy atom. The van der Waals surface area contributed by atoms with E-state index >= 15 is 0 Å². The van der Waals surface area contributed by atoms with Crippen LogP contribution in [0.5, 0.6) is 0 Å². The van der Waals surface area contributed by atoms with Gasteiger partial charge in [0.2, 0.25) is 5.91 Å². The van der Waals surface area contributed by atoms with Gasteiger partial charge >= 0.3 is 0 Å². The van der Waals surface area contributed by atoms with Crippen LogP contribution in [0.25, 0.3) is 11.3 Å². The molecule has 0 bridgehead atoms. The fraction of sp³-hybridized carbons (Fsp3) is 0.333. The Morgan fingerprint density at radius 1 is 1.32 bits per heavy atom. The molecule has 0 aliphatic rings. The van der Waals surface area contributed by atoms with Crippen molar-refractivity contribution in [3.63, 3.8) is 0 Å². The van der Waals surface area contributed by atoms with Gasteiger partial charge in [-0.05, 0) is 31.5 Å². The van der Waals surface area contributed by atoms with Crippen LogP contribution >= 0.6 is 0 Å². The lowest BCUT2D eigenvalue weighted by Crippen LogP contribution is -2.10. The van der Waals surface area contributed by atoms with Crippen molar-refractivity contribution in [3.8, 4) is 11.3 Å². The summed E-state index contributed by atoms with van der Waals surface area (Å²) in [5, 5.41) is 10.0. The van der Waals surface area contributed by atoms with Crippen LogP contribution in [0, 0.1) is 6.92 Å². The molecule has 0 atom stereocenters. The van der Waals surface area contributed by atoms with Crippen LogP contribution in [0.15, 0.2) is 30.3 Å². The lowest BCUT2D eigenvalue weighted by Gasteiger charge is -2.05. The van der Waals surface area contributed by atoms with E-state index in [-0.39, 0.29) is 5.91 Å². The fourth-order valence-electron chi connectivity index (χ4n) is 1.85. The van der Waals surface area contributed by atoms with Crippen molar-refractivity contribution in [1.82, 2.24) is 10.2 Å². The highest BCUT2D eigenvalue weighted by Gasteiger charge is 2.04. The van der Waals surface area contributed by atoms with Gasteiger partial charge in [-0.1, -0.05) is 25.5 Å². The number of H-pyrrole nitrogens is 1. The molecule has 1 amide bonds. The summed E-state index contributed by atoms with van der Waals surface area (Å²) in [6.07, 6.45) is 2.54. The van der Waals surface area contributed by atoms with E-state index in [1.807, 2.05) is 37.3 Å². The van der Waals surface area contributed by atoms with E-state index in [0.29, 0.717) is 6.42 Å². The van der Waals surface area contributed by atoms with Gasteiger partial charge in [0, 0.05) is 23.4 Å². The predicted molar refractivity (Wildman–Crippen MR) is 76.9 cm³/mol. The van der Waals surface area contributed by atoms with Crippen molar-refractivity contribution in [3.05, 3.63) is 36.0 Å². The highest BCUT2D eigenvalue weighted by atomic mass is 16.1. The molecule has 2 aromatic rings. The van der Waals surface area contributed by atoms with Crippen molar-refractivity contribution in [2.45, 2.75) is 33.1 Å². The third-order valence-corrected chi connectivity index (χ3v) is 2.93. The molecule has 2 N–H and O–H groups in total. The summed E-state index contributed by atoms with van der Waals surface area (Å²) in [5.74, 6) is 0.0743. The molecular formula is C15H19N3O. The zero-order valence-electron chi connectivity index (χ0n) is 11.4. The molecule has 100 valence electrons. The molecule has 1 aromatic heterocycles. The van der Waals surface area contributed by atoms with E-state index in [1.165, 1.54) is 0 Å². The molecule has 1 heterocycles. The molecule has 19 heavy (non-hydrogen) atoms. The first-order valence-corrected chi connectivity index (χ1v) is 6.61. The third-order valence-electron chi connectivity index (χ3n) is 2.93. The van der Waals surface area contributed by atoms with Gasteiger partial charge < -0.3 is 5.32 Å². The van der Waals surface area contributed by atoms with Crippen LogP contribution in [0.1, 0.15) is 31.9 Å². The van der Waals surface area contributed by atoms with Crippen molar-refractivity contribution in [2.75, 3.05) is 5.32 Å². The molecule has 0 aliphatic heterocycles. The minimum atomic E-state index is 0.0743. The van der Waals surface area contributed by atoms with E-state index in [4.69, 9.17) is 0 Å². The number of amides is 1. The Morgan fingerprint density at radius 2 is 2.05 bits per heavy atom. The second-order valence-electron chi connectivity index (χ2n) is 4.67. The maximum Gasteiger partial charge on any atom is 0.224 e. The maximum absolute atomic E-state index is 11.6. The Balaban J connectivity index is 2.00. The Bertz CT molecular complexity index is 543. The number of carbonyl (C=O) groups is 1. The SMILES string of the molecule is CCCCC(=O)Nc1ccc(-c2cc(C)[nH]n2)cc1. The van der Waals surface area contributed by atoms with E-state index in [1.54, 1.807) is 0 Å². The number of aryl methyl sites for hydroxylation is 1. The summed E-state index contributed by atoms with van der Waals surface area (Å²) < 4.78 is 0. The molecule has 0 spiro atoms. The highest BCUT2D eigenvalue weighted by Crippen LogP contribution is 2.20. The molecule has 0 saturated heterocycles. The standard InChI is InChI=1S/C15H19N3O/c1-3-4-5-15(19)16-13-8-6-12(7-9-13)14-10-11(2)17-18-14/h6-10H,3-5H2,1-2H3,(H,16,19)(H,17,18). The first kappa shape index (κ1) is 13.3. The van der Waals surface area contributed by atoms with Gasteiger partial charge in [-0.15, -0.1) is 0 Å². The summed E-state index contributed by atoms with van der Waals surface area (Å²) in [6.45, 7) is 4.05. The second-order valence-corrected chi connectivity index (χ2v) is 4.67. The van der Waals surface area contributed by atoms with Crippen LogP contribution in [0.2, 0.25) is 0 Å². The Labute approximate surface area is 113 Å². The molecule has 0 aliphatic carbocycles. The number of aromatic amines is 1. The van der Waals surface area contributed by atoms with Crippen LogP contribution in [0.4, 0.5) is 5.69 Å². The fourth-order valence-corrected chi connectivity index (χ4v) is 1.85. The minimum Gasteiger partial charge on any atom is -0.326 e. The molecular weight excluding hydrogens is 238 g/mol. The number of hydrogen-bond acceptors (Lipinski definition) is 2. The number of rotatable bonds is 5. The van der Waals surface area contributed by atoms with Crippen LogP contribution < -0.4 is 5.32 Å². The van der Waals surface area contributed by atoms with Gasteiger partial charge in [0.15, 0.2) is 0 Å². The average Bonchev–Trinajstić information content (AvgIpc) is 2.84. The van der Waals surface area contributed by atoms with E-state index in [2.05, 4.69) is 22.4 Å². The van der Waals surface area contributed by atoms with Gasteiger partial charge in [0.1, 0.15) is 0 Å². The number of benzene rings is 1. The smallest absolute Gasteiger partial charge is 0.224 e. The summed E-state index contributed by atoms with van der Waals surface area (Å²) in [5.41, 5.74) is 3.82. The number of anilines is 1. The highest BCUT2D eigenvalue weighted by molar-refractivity contribution is 5.90. The van der Waals surface area contributed by atoms with Gasteiger partial charge in [-0.25, -0.2) is 0 Å². The second kappa shape index (κ2) is 6.18. The predicted octanol–water partition coefficient (Wildman–Crippen LogP) is 3.51. The lowest BCUT2D eigenvalue weighted by atomic mass is 10.1. The van der Waals surface area contributed by atoms with Crippen molar-refractivity contribution < 1.29 is 4.79 Å². The number of unbranched alkanes of at least 4 members (excludes halogenated alkanes) is 1. The number of aromatic nitrogens is 2. The number of hydrogen-bond donors (Lipinski definition) is 2. The van der Waals surface area contributed by atoms with Crippen LogP contribution in [0.3, 0.4) is 0 Å². The summed E-state index contributed by atoms with van der Waals surface area (Å²) in [6, 6.07) is 9.73. The molecule has 1 aromatic carbocycles. The molecule has 4 heteroatoms. The maximum atomic E-state index is 11.6. The molecule has 0 radical (unpaired) electrons. The summed E-state index contributed by atoms with van der Waals surface area (Å²) >= 11 is 0. The van der Waals surface area contributed by atoms with E-state index in [9.17, 15) is 4.79 Å². The first-order chi connectivity index (χ1) is 9.19. The molecule has 0 saturated carbocycles. The average molecular weight is 257 g/mol. The molecule has 2 rings (SSSR count). The number of nitrogens with zero attached hydrogens (tertiary/aromatic N) is 1. The zero-order chi connectivity index (χ0) is 13.7. The molecule has 4 nitrogen and oxygen atoms in total. The summed E-state index contributed by atoms with van der Waals surface area (Å²) in [4.78, 5) is 11.6. The Hall–Kier alpha value is -2.10. The third kappa shape index (κ3) is 3.68. The van der Waals surface area contributed by atoms with Gasteiger partial charge in [0.25, 0.3) is 0 Å².